The molecule has 1 amide bonds. The van der Waals surface area contributed by atoms with E-state index in [1.165, 1.54) is 0 Å². The molecule has 0 spiro atoms. The van der Waals surface area contributed by atoms with Crippen molar-refractivity contribution < 1.29 is 19.4 Å². The van der Waals surface area contributed by atoms with Crippen LogP contribution in [0.3, 0.4) is 0 Å². The number of rotatable bonds is 12. The van der Waals surface area contributed by atoms with Crippen LogP contribution in [0.4, 0.5) is 0 Å². The minimum Gasteiger partial charge on any atom is -0.480 e. The Morgan fingerprint density at radius 3 is 2.77 bits per heavy atom. The lowest BCUT2D eigenvalue weighted by Gasteiger charge is -2.23. The third-order valence-electron chi connectivity index (χ3n) is 6.19. The second kappa shape index (κ2) is 13.3. The average molecular weight is 498 g/mol. The van der Waals surface area contributed by atoms with Crippen molar-refractivity contribution in [2.45, 2.75) is 38.3 Å². The molecule has 2 aromatic carbocycles. The lowest BCUT2D eigenvalue weighted by Crippen LogP contribution is -2.41. The first-order valence-electron chi connectivity index (χ1n) is 11.9. The number of hydrogen-bond donors (Lipinski definition) is 3. The van der Waals surface area contributed by atoms with E-state index in [9.17, 15) is 14.7 Å². The van der Waals surface area contributed by atoms with E-state index in [-0.39, 0.29) is 5.91 Å². The molecule has 1 aliphatic rings. The summed E-state index contributed by atoms with van der Waals surface area (Å²) in [7, 11) is 1.72. The van der Waals surface area contributed by atoms with Crippen molar-refractivity contribution in [1.29, 1.82) is 0 Å². The topological polar surface area (TPSA) is 90.9 Å². The van der Waals surface area contributed by atoms with Crippen molar-refractivity contribution in [3.8, 4) is 11.1 Å². The monoisotopic (exact) mass is 497 g/mol. The van der Waals surface area contributed by atoms with Gasteiger partial charge in [-0.2, -0.15) is 11.8 Å². The summed E-state index contributed by atoms with van der Waals surface area (Å²) in [5.74, 6) is -0.755. The molecule has 2 aromatic rings. The summed E-state index contributed by atoms with van der Waals surface area (Å²) in [5.41, 5.74) is 7.51. The lowest BCUT2D eigenvalue weighted by molar-refractivity contribution is -0.139. The van der Waals surface area contributed by atoms with Gasteiger partial charge in [0, 0.05) is 25.4 Å². The molecule has 8 heteroatoms. The number of hydrazine groups is 1. The van der Waals surface area contributed by atoms with E-state index in [4.69, 9.17) is 4.74 Å². The largest absolute Gasteiger partial charge is 0.480 e. The number of methoxy groups -OCH3 is 1. The third kappa shape index (κ3) is 7.34. The molecule has 0 aromatic heterocycles. The summed E-state index contributed by atoms with van der Waals surface area (Å²) in [6.07, 6.45) is 8.40. The predicted molar refractivity (Wildman–Crippen MR) is 142 cm³/mol. The number of benzene rings is 2. The quantitative estimate of drug-likeness (QED) is 0.405. The van der Waals surface area contributed by atoms with Crippen molar-refractivity contribution in [3.63, 3.8) is 0 Å². The van der Waals surface area contributed by atoms with Crippen LogP contribution in [-0.2, 0) is 9.53 Å². The van der Waals surface area contributed by atoms with Gasteiger partial charge in [0.05, 0.1) is 12.6 Å². The number of ether oxygens (including phenoxy) is 1. The van der Waals surface area contributed by atoms with E-state index in [0.29, 0.717) is 30.4 Å². The highest BCUT2D eigenvalue weighted by molar-refractivity contribution is 7.98. The van der Waals surface area contributed by atoms with Gasteiger partial charge in [-0.15, -0.1) is 0 Å². The molecule has 35 heavy (non-hydrogen) atoms. The van der Waals surface area contributed by atoms with Gasteiger partial charge in [0.25, 0.3) is 5.91 Å². The zero-order valence-corrected chi connectivity index (χ0v) is 21.4. The summed E-state index contributed by atoms with van der Waals surface area (Å²) in [6, 6.07) is 12.9. The molecule has 3 N–H and O–H groups in total. The summed E-state index contributed by atoms with van der Waals surface area (Å²) >= 11 is 1.55. The smallest absolute Gasteiger partial charge is 0.326 e. The first-order chi connectivity index (χ1) is 16.9. The van der Waals surface area contributed by atoms with Crippen LogP contribution in [0.2, 0.25) is 0 Å². The van der Waals surface area contributed by atoms with E-state index in [1.54, 1.807) is 24.9 Å². The highest BCUT2D eigenvalue weighted by Gasteiger charge is 2.24. The number of nitrogens with zero attached hydrogens (tertiary/aromatic N) is 1. The van der Waals surface area contributed by atoms with Gasteiger partial charge >= 0.3 is 5.97 Å². The Balaban J connectivity index is 1.85. The number of carbonyl (C=O) groups is 2. The molecule has 0 radical (unpaired) electrons. The van der Waals surface area contributed by atoms with Crippen molar-refractivity contribution in [1.82, 2.24) is 15.8 Å². The van der Waals surface area contributed by atoms with Crippen molar-refractivity contribution in [2.75, 3.05) is 32.3 Å². The summed E-state index contributed by atoms with van der Waals surface area (Å²) in [6.45, 7) is 3.66. The SMILES string of the molecule is COC[C@H]1CCCN1N/C=C/c1ccc(C(=O)N[C@@H](CCSC)C(=O)O)c(-c2ccccc2C)c1. The van der Waals surface area contributed by atoms with Gasteiger partial charge in [0.2, 0.25) is 0 Å². The van der Waals surface area contributed by atoms with Crippen molar-refractivity contribution >= 4 is 29.7 Å². The van der Waals surface area contributed by atoms with Crippen molar-refractivity contribution in [3.05, 3.63) is 65.4 Å². The van der Waals surface area contributed by atoms with Crippen LogP contribution in [0.5, 0.6) is 0 Å². The minimum absolute atomic E-state index is 0.353. The van der Waals surface area contributed by atoms with Crippen molar-refractivity contribution in [2.24, 2.45) is 0 Å². The average Bonchev–Trinajstić information content (AvgIpc) is 3.29. The second-order valence-corrected chi connectivity index (χ2v) is 9.66. The maximum Gasteiger partial charge on any atom is 0.326 e. The number of aliphatic carboxylic acids is 1. The highest BCUT2D eigenvalue weighted by Crippen LogP contribution is 2.29. The molecule has 0 unspecified atom stereocenters. The second-order valence-electron chi connectivity index (χ2n) is 8.67. The molecule has 0 saturated carbocycles. The van der Waals surface area contributed by atoms with Crippen LogP contribution in [0.15, 0.2) is 48.7 Å². The summed E-state index contributed by atoms with van der Waals surface area (Å²) in [4.78, 5) is 24.9. The molecule has 1 heterocycles. The maximum atomic E-state index is 13.2. The van der Waals surface area contributed by atoms with Crippen LogP contribution in [0.25, 0.3) is 17.2 Å². The van der Waals surface area contributed by atoms with E-state index in [2.05, 4.69) is 15.8 Å². The molecule has 7 nitrogen and oxygen atoms in total. The van der Waals surface area contributed by atoms with E-state index >= 15 is 0 Å². The number of nitrogens with one attached hydrogen (secondary N) is 2. The number of thioether (sulfide) groups is 1. The molecule has 1 aliphatic heterocycles. The fourth-order valence-electron chi connectivity index (χ4n) is 4.29. The predicted octanol–water partition coefficient (Wildman–Crippen LogP) is 4.18. The number of carboxylic acids is 1. The van der Waals surface area contributed by atoms with Gasteiger partial charge in [0.1, 0.15) is 6.04 Å². The number of aryl methyl sites for hydroxylation is 1. The molecule has 188 valence electrons. The van der Waals surface area contributed by atoms with Crippen LogP contribution >= 0.6 is 11.8 Å². The van der Waals surface area contributed by atoms with E-state index in [1.807, 2.05) is 61.9 Å². The van der Waals surface area contributed by atoms with Gasteiger partial charge < -0.3 is 20.6 Å². The Hall–Kier alpha value is -2.81. The molecule has 0 bridgehead atoms. The standard InChI is InChI=1S/C27H35N3O4S/c1-19-7-4-5-9-22(19)24-17-20(12-14-28-30-15-6-8-21(30)18-34-2)10-11-23(24)26(31)29-25(27(32)33)13-16-35-3/h4-5,7,9-12,14,17,21,25,28H,6,8,13,15-16,18H2,1-3H3,(H,29,31)(H,32,33)/b14-12+/t21-,25+/m1/s1. The number of hydrogen-bond acceptors (Lipinski definition) is 6. The number of amides is 1. The molecule has 1 fully saturated rings. The summed E-state index contributed by atoms with van der Waals surface area (Å²) in [5, 5.41) is 14.5. The van der Waals surface area contributed by atoms with Crippen LogP contribution in [0, 0.1) is 6.92 Å². The zero-order valence-electron chi connectivity index (χ0n) is 20.6. The Morgan fingerprint density at radius 1 is 1.26 bits per heavy atom. The van der Waals surface area contributed by atoms with Crippen LogP contribution in [-0.4, -0.2) is 66.3 Å². The molecular weight excluding hydrogens is 462 g/mol. The normalized spacial score (nSPS) is 16.9. The molecular formula is C27H35N3O4S. The van der Waals surface area contributed by atoms with Gasteiger partial charge in [-0.05, 0) is 78.7 Å². The lowest BCUT2D eigenvalue weighted by atomic mass is 9.93. The Bertz CT molecular complexity index is 1040. The molecule has 1 saturated heterocycles. The third-order valence-corrected chi connectivity index (χ3v) is 6.83. The van der Waals surface area contributed by atoms with E-state index in [0.717, 1.165) is 41.6 Å². The van der Waals surface area contributed by atoms with Gasteiger partial charge in [-0.3, -0.25) is 4.79 Å². The van der Waals surface area contributed by atoms with Gasteiger partial charge in [0.15, 0.2) is 0 Å². The Labute approximate surface area is 211 Å². The maximum absolute atomic E-state index is 13.2. The minimum atomic E-state index is -1.02. The van der Waals surface area contributed by atoms with Gasteiger partial charge in [-0.1, -0.05) is 30.3 Å². The molecule has 0 aliphatic carbocycles. The molecule has 2 atom stereocenters. The zero-order chi connectivity index (χ0) is 25.2. The van der Waals surface area contributed by atoms with Crippen LogP contribution < -0.4 is 10.7 Å². The van der Waals surface area contributed by atoms with Gasteiger partial charge in [-0.25, -0.2) is 9.80 Å². The Kier molecular flexibility index (Phi) is 10.2. The highest BCUT2D eigenvalue weighted by atomic mass is 32.2. The first-order valence-corrected chi connectivity index (χ1v) is 13.2. The van der Waals surface area contributed by atoms with Crippen LogP contribution in [0.1, 0.15) is 40.7 Å². The fourth-order valence-corrected chi connectivity index (χ4v) is 4.76. The summed E-state index contributed by atoms with van der Waals surface area (Å²) < 4.78 is 5.31. The van der Waals surface area contributed by atoms with E-state index < -0.39 is 12.0 Å². The molecule has 3 rings (SSSR count). The number of carboxylic acid groups (broad SMARTS) is 1. The first kappa shape index (κ1) is 26.8. The number of carbonyl (C=O) groups excluding carboxylic acids is 1. The Morgan fingerprint density at radius 2 is 2.06 bits per heavy atom. The fraction of sp³-hybridized carbons (Fsp3) is 0.407.